The number of piperidine rings is 1. The van der Waals surface area contributed by atoms with Gasteiger partial charge in [-0.15, -0.1) is 0 Å². The fourth-order valence-electron chi connectivity index (χ4n) is 4.19. The van der Waals surface area contributed by atoms with E-state index < -0.39 is 26.0 Å². The summed E-state index contributed by atoms with van der Waals surface area (Å²) < 4.78 is 61.2. The van der Waals surface area contributed by atoms with Gasteiger partial charge in [-0.3, -0.25) is 9.52 Å². The van der Waals surface area contributed by atoms with Gasteiger partial charge in [0, 0.05) is 23.8 Å². The number of halogens is 1. The molecule has 1 heterocycles. The number of amides is 1. The molecule has 1 amide bonds. The van der Waals surface area contributed by atoms with Gasteiger partial charge in [0.05, 0.1) is 28.2 Å². The van der Waals surface area contributed by atoms with Crippen LogP contribution < -0.4 is 14.8 Å². The molecule has 0 atom stereocenters. The van der Waals surface area contributed by atoms with Gasteiger partial charge in [0.15, 0.2) is 0 Å². The molecule has 2 N–H and O–H groups in total. The molecule has 0 saturated carbocycles. The Labute approximate surface area is 234 Å². The average molecular weight is 592 g/mol. The topological polar surface area (TPSA) is 122 Å². The summed E-state index contributed by atoms with van der Waals surface area (Å²) in [7, 11) is -6.29. The van der Waals surface area contributed by atoms with Crippen molar-refractivity contribution in [2.24, 2.45) is 5.92 Å². The molecule has 0 spiro atoms. The number of carbonyl (C=O) groups excluding carboxylic acids is 1. The molecule has 1 saturated heterocycles. The first-order valence-corrected chi connectivity index (χ1v) is 15.6. The third kappa shape index (κ3) is 6.55. The smallest absolute Gasteiger partial charge is 0.261 e. The second-order valence-corrected chi connectivity index (χ2v) is 13.5. The van der Waals surface area contributed by atoms with Crippen LogP contribution in [0.1, 0.15) is 35.7 Å². The molecular weight excluding hydrogens is 562 g/mol. The second-order valence-electron chi connectivity index (χ2n) is 9.50. The summed E-state index contributed by atoms with van der Waals surface area (Å²) >= 11 is 6.09. The van der Waals surface area contributed by atoms with E-state index in [0.29, 0.717) is 35.4 Å². The van der Waals surface area contributed by atoms with Crippen LogP contribution >= 0.6 is 11.6 Å². The zero-order chi connectivity index (χ0) is 28.4. The van der Waals surface area contributed by atoms with Crippen LogP contribution in [0.4, 0.5) is 11.4 Å². The van der Waals surface area contributed by atoms with Crippen LogP contribution in [0, 0.1) is 12.8 Å². The molecule has 1 aliphatic rings. The lowest BCUT2D eigenvalue weighted by atomic mass is 10.0. The number of rotatable bonds is 8. The van der Waals surface area contributed by atoms with Crippen molar-refractivity contribution in [1.82, 2.24) is 4.31 Å². The fraction of sp³-hybridized carbons (Fsp3) is 0.296. The Hall–Kier alpha value is -3.12. The van der Waals surface area contributed by atoms with Crippen molar-refractivity contribution in [2.75, 3.05) is 30.2 Å². The largest absolute Gasteiger partial charge is 0.496 e. The minimum atomic E-state index is -3.90. The Balaban J connectivity index is 1.52. The van der Waals surface area contributed by atoms with Gasteiger partial charge in [0.1, 0.15) is 5.75 Å². The molecular formula is C27H30ClN3O6S2. The van der Waals surface area contributed by atoms with E-state index in [9.17, 15) is 21.6 Å². The summed E-state index contributed by atoms with van der Waals surface area (Å²) in [6.07, 6.45) is 1.56. The highest BCUT2D eigenvalue weighted by atomic mass is 35.5. The predicted octanol–water partition coefficient (Wildman–Crippen LogP) is 5.13. The van der Waals surface area contributed by atoms with Crippen molar-refractivity contribution >= 4 is 48.9 Å². The molecule has 0 radical (unpaired) electrons. The summed E-state index contributed by atoms with van der Waals surface area (Å²) in [5, 5.41) is 3.12. The van der Waals surface area contributed by atoms with Gasteiger partial charge in [-0.05, 0) is 85.8 Å². The highest BCUT2D eigenvalue weighted by Gasteiger charge is 2.29. The summed E-state index contributed by atoms with van der Waals surface area (Å²) in [5.74, 6) is 0.0741. The standard InChI is InChI=1S/C27H30ClN3O6S2/c1-18-12-14-31(15-13-18)39(35,36)23-10-11-26(37-3)24(17-23)27(32)29-20-6-8-22(9-7-20)38(33,34)30-21-5-4-19(2)25(28)16-21/h4-11,16-18,30H,12-15H2,1-3H3,(H,29,32). The van der Waals surface area contributed by atoms with Crippen LogP contribution in [0.5, 0.6) is 5.75 Å². The third-order valence-corrected chi connectivity index (χ3v) is 10.3. The molecule has 208 valence electrons. The highest BCUT2D eigenvalue weighted by Crippen LogP contribution is 2.29. The first kappa shape index (κ1) is 28.9. The molecule has 0 unspecified atom stereocenters. The number of methoxy groups -OCH3 is 1. The normalized spacial score (nSPS) is 15.1. The van der Waals surface area contributed by atoms with Gasteiger partial charge in [-0.25, -0.2) is 16.8 Å². The monoisotopic (exact) mass is 591 g/mol. The van der Waals surface area contributed by atoms with Gasteiger partial charge in [-0.2, -0.15) is 4.31 Å². The van der Waals surface area contributed by atoms with Gasteiger partial charge in [0.2, 0.25) is 10.0 Å². The summed E-state index contributed by atoms with van der Waals surface area (Å²) in [6, 6.07) is 14.6. The number of carbonyl (C=O) groups is 1. The number of benzene rings is 3. The van der Waals surface area contributed by atoms with Crippen molar-refractivity contribution in [2.45, 2.75) is 36.5 Å². The van der Waals surface area contributed by atoms with Crippen LogP contribution in [0.3, 0.4) is 0 Å². The first-order chi connectivity index (χ1) is 18.4. The van der Waals surface area contributed by atoms with Gasteiger partial charge < -0.3 is 10.1 Å². The van der Waals surface area contributed by atoms with Crippen LogP contribution in [0.15, 0.2) is 70.5 Å². The Morgan fingerprint density at radius 2 is 1.54 bits per heavy atom. The molecule has 0 aliphatic carbocycles. The van der Waals surface area contributed by atoms with Crippen molar-refractivity contribution in [1.29, 1.82) is 0 Å². The van der Waals surface area contributed by atoms with Crippen LogP contribution in [0.2, 0.25) is 5.02 Å². The van der Waals surface area contributed by atoms with E-state index in [0.717, 1.165) is 18.4 Å². The number of sulfonamides is 2. The average Bonchev–Trinajstić information content (AvgIpc) is 2.90. The molecule has 39 heavy (non-hydrogen) atoms. The number of nitrogens with zero attached hydrogens (tertiary/aromatic N) is 1. The van der Waals surface area contributed by atoms with Crippen LogP contribution in [-0.4, -0.2) is 47.2 Å². The Kier molecular flexibility index (Phi) is 8.55. The van der Waals surface area contributed by atoms with E-state index in [-0.39, 0.29) is 21.1 Å². The maximum Gasteiger partial charge on any atom is 0.261 e. The first-order valence-electron chi connectivity index (χ1n) is 12.3. The van der Waals surface area contributed by atoms with E-state index in [4.69, 9.17) is 16.3 Å². The van der Waals surface area contributed by atoms with Gasteiger partial charge in [0.25, 0.3) is 15.9 Å². The SMILES string of the molecule is COc1ccc(S(=O)(=O)N2CCC(C)CC2)cc1C(=O)Nc1ccc(S(=O)(=O)Nc2ccc(C)c(Cl)c2)cc1. The Bertz CT molecular complexity index is 1580. The highest BCUT2D eigenvalue weighted by molar-refractivity contribution is 7.92. The number of hydrogen-bond acceptors (Lipinski definition) is 6. The van der Waals surface area contributed by atoms with Crippen LogP contribution in [0.25, 0.3) is 0 Å². The van der Waals surface area contributed by atoms with Gasteiger partial charge >= 0.3 is 0 Å². The fourth-order valence-corrected chi connectivity index (χ4v) is 6.91. The molecule has 4 rings (SSSR count). The minimum Gasteiger partial charge on any atom is -0.496 e. The number of nitrogens with one attached hydrogen (secondary N) is 2. The maximum absolute atomic E-state index is 13.2. The van der Waals surface area contributed by atoms with Crippen LogP contribution in [-0.2, 0) is 20.0 Å². The maximum atomic E-state index is 13.2. The lowest BCUT2D eigenvalue weighted by Crippen LogP contribution is -2.37. The quantitative estimate of drug-likeness (QED) is 0.374. The molecule has 0 bridgehead atoms. The zero-order valence-corrected chi connectivity index (χ0v) is 24.2. The van der Waals surface area contributed by atoms with E-state index in [1.165, 1.54) is 59.9 Å². The minimum absolute atomic E-state index is 0.00623. The summed E-state index contributed by atoms with van der Waals surface area (Å²) in [4.78, 5) is 13.1. The predicted molar refractivity (Wildman–Crippen MR) is 152 cm³/mol. The summed E-state index contributed by atoms with van der Waals surface area (Å²) in [6.45, 7) is 4.77. The van der Waals surface area contributed by atoms with Crippen molar-refractivity contribution in [3.05, 3.63) is 76.8 Å². The lowest BCUT2D eigenvalue weighted by molar-refractivity contribution is 0.102. The van der Waals surface area contributed by atoms with E-state index in [1.807, 2.05) is 6.92 Å². The molecule has 0 aromatic heterocycles. The zero-order valence-electron chi connectivity index (χ0n) is 21.8. The molecule has 12 heteroatoms. The number of hydrogen-bond donors (Lipinski definition) is 2. The van der Waals surface area contributed by atoms with Crippen molar-refractivity contribution in [3.8, 4) is 5.75 Å². The second kappa shape index (κ2) is 11.5. The number of anilines is 2. The molecule has 1 fully saturated rings. The summed E-state index contributed by atoms with van der Waals surface area (Å²) in [5.41, 5.74) is 1.50. The van der Waals surface area contributed by atoms with E-state index in [1.54, 1.807) is 12.1 Å². The third-order valence-electron chi connectivity index (χ3n) is 6.64. The Morgan fingerprint density at radius 1 is 0.923 bits per heavy atom. The van der Waals surface area contributed by atoms with E-state index >= 15 is 0 Å². The Morgan fingerprint density at radius 3 is 2.15 bits per heavy atom. The van der Waals surface area contributed by atoms with Crippen molar-refractivity contribution < 1.29 is 26.4 Å². The molecule has 1 aliphatic heterocycles. The number of aryl methyl sites for hydroxylation is 1. The molecule has 3 aromatic rings. The lowest BCUT2D eigenvalue weighted by Gasteiger charge is -2.29. The molecule has 3 aromatic carbocycles. The van der Waals surface area contributed by atoms with Gasteiger partial charge in [-0.1, -0.05) is 24.6 Å². The number of ether oxygens (including phenoxy) is 1. The van der Waals surface area contributed by atoms with Crippen molar-refractivity contribution in [3.63, 3.8) is 0 Å². The molecule has 9 nitrogen and oxygen atoms in total. The van der Waals surface area contributed by atoms with E-state index in [2.05, 4.69) is 17.0 Å².